The molecule has 0 saturated carbocycles. The van der Waals surface area contributed by atoms with Gasteiger partial charge in [0.05, 0.1) is 9.80 Å². The lowest BCUT2D eigenvalue weighted by molar-refractivity contribution is -0.121. The number of amides is 1. The number of nitrogens with zero attached hydrogens (tertiary/aromatic N) is 2. The lowest BCUT2D eigenvalue weighted by atomic mass is 10.2. The predicted octanol–water partition coefficient (Wildman–Crippen LogP) is 4.19. The number of amidine groups is 1. The number of thioether (sulfide) groups is 1. The summed E-state index contributed by atoms with van der Waals surface area (Å²) in [7, 11) is -3.98. The minimum atomic E-state index is -3.98. The Bertz CT molecular complexity index is 1030. The molecule has 1 aliphatic rings. The average Bonchev–Trinajstić information content (AvgIpc) is 2.91. The lowest BCUT2D eigenvalue weighted by Crippen LogP contribution is -2.29. The molecule has 5 nitrogen and oxygen atoms in total. The van der Waals surface area contributed by atoms with Gasteiger partial charge in [-0.3, -0.25) is 9.69 Å². The molecular formula is C19H15ClN2O3S2. The van der Waals surface area contributed by atoms with Crippen LogP contribution in [0.15, 0.2) is 81.5 Å². The van der Waals surface area contributed by atoms with Crippen molar-refractivity contribution in [3.05, 3.63) is 82.7 Å². The summed E-state index contributed by atoms with van der Waals surface area (Å²) in [5.74, 6) is -0.311. The molecule has 1 saturated heterocycles. The van der Waals surface area contributed by atoms with Gasteiger partial charge in [0.15, 0.2) is 5.17 Å². The number of hydrogen-bond donors (Lipinski definition) is 0. The molecule has 8 heteroatoms. The highest BCUT2D eigenvalue weighted by Gasteiger charge is 2.34. The zero-order chi connectivity index (χ0) is 19.4. The van der Waals surface area contributed by atoms with Crippen molar-refractivity contribution in [1.29, 1.82) is 0 Å². The predicted molar refractivity (Wildman–Crippen MR) is 110 cm³/mol. The summed E-state index contributed by atoms with van der Waals surface area (Å²) < 4.78 is 29.1. The Morgan fingerprint density at radius 1 is 1.11 bits per heavy atom. The van der Waals surface area contributed by atoms with Crippen molar-refractivity contribution in [2.24, 2.45) is 4.40 Å². The number of benzene rings is 2. The Morgan fingerprint density at radius 2 is 1.78 bits per heavy atom. The molecule has 0 unspecified atom stereocenters. The number of carbonyl (C=O) groups excluding carboxylic acids is 1. The topological polar surface area (TPSA) is 66.8 Å². The van der Waals surface area contributed by atoms with Crippen LogP contribution in [0.3, 0.4) is 0 Å². The quantitative estimate of drug-likeness (QED) is 0.539. The van der Waals surface area contributed by atoms with Crippen LogP contribution in [0.5, 0.6) is 0 Å². The van der Waals surface area contributed by atoms with Crippen LogP contribution < -0.4 is 0 Å². The summed E-state index contributed by atoms with van der Waals surface area (Å²) in [5.41, 5.74) is 0.841. The fourth-order valence-corrected chi connectivity index (χ4v) is 4.64. The highest BCUT2D eigenvalue weighted by molar-refractivity contribution is 8.19. The van der Waals surface area contributed by atoms with E-state index in [0.29, 0.717) is 9.93 Å². The molecule has 0 N–H and O–H groups in total. The number of carbonyl (C=O) groups is 1. The van der Waals surface area contributed by atoms with E-state index in [2.05, 4.69) is 11.0 Å². The molecule has 0 bridgehead atoms. The van der Waals surface area contributed by atoms with Gasteiger partial charge < -0.3 is 0 Å². The van der Waals surface area contributed by atoms with Gasteiger partial charge in [-0.1, -0.05) is 48.0 Å². The van der Waals surface area contributed by atoms with Gasteiger partial charge in [-0.2, -0.15) is 8.42 Å². The van der Waals surface area contributed by atoms with Crippen LogP contribution in [-0.2, 0) is 14.8 Å². The van der Waals surface area contributed by atoms with Gasteiger partial charge in [-0.05, 0) is 47.7 Å². The largest absolute Gasteiger partial charge is 0.284 e. The Balaban J connectivity index is 1.99. The van der Waals surface area contributed by atoms with Crippen LogP contribution in [0.25, 0.3) is 6.08 Å². The molecule has 0 spiro atoms. The zero-order valence-corrected chi connectivity index (χ0v) is 16.5. The van der Waals surface area contributed by atoms with E-state index in [0.717, 1.165) is 17.3 Å². The van der Waals surface area contributed by atoms with Crippen molar-refractivity contribution >= 4 is 50.5 Å². The van der Waals surface area contributed by atoms with Crippen LogP contribution in [0, 0.1) is 0 Å². The number of halogens is 1. The first-order valence-corrected chi connectivity index (χ1v) is 10.5. The van der Waals surface area contributed by atoms with Crippen LogP contribution in [-0.4, -0.2) is 30.9 Å². The average molecular weight is 419 g/mol. The van der Waals surface area contributed by atoms with E-state index in [4.69, 9.17) is 11.6 Å². The van der Waals surface area contributed by atoms with Crippen LogP contribution in [0.2, 0.25) is 5.02 Å². The molecule has 2 aromatic rings. The van der Waals surface area contributed by atoms with Gasteiger partial charge in [-0.25, -0.2) is 0 Å². The zero-order valence-electron chi connectivity index (χ0n) is 14.1. The second kappa shape index (κ2) is 8.12. The van der Waals surface area contributed by atoms with Gasteiger partial charge in [-0.15, -0.1) is 11.0 Å². The summed E-state index contributed by atoms with van der Waals surface area (Å²) in [6.45, 7) is 3.78. The molecular weight excluding hydrogens is 404 g/mol. The first-order valence-electron chi connectivity index (χ1n) is 7.88. The molecule has 0 aliphatic carbocycles. The fraction of sp³-hybridized carbons (Fsp3) is 0.0526. The third-order valence-electron chi connectivity index (χ3n) is 3.61. The molecule has 2 aromatic carbocycles. The maximum absolute atomic E-state index is 12.7. The first kappa shape index (κ1) is 19.4. The Kier molecular flexibility index (Phi) is 5.84. The summed E-state index contributed by atoms with van der Waals surface area (Å²) >= 11 is 6.83. The summed E-state index contributed by atoms with van der Waals surface area (Å²) in [5, 5.41) is 0.519. The Hall–Kier alpha value is -2.35. The molecule has 3 rings (SSSR count). The van der Waals surface area contributed by atoms with Gasteiger partial charge in [0.25, 0.3) is 15.9 Å². The molecule has 1 amide bonds. The standard InChI is InChI=1S/C19H15ClN2O3S2/c1-2-12-22-18(23)17(13-14-6-4-3-5-7-14)26-19(22)21-27(24,25)16-10-8-15(20)9-11-16/h2-11,13H,1,12H2/b17-13-,21-19?. The van der Waals surface area contributed by atoms with E-state index in [9.17, 15) is 13.2 Å². The molecule has 1 aliphatic heterocycles. The minimum absolute atomic E-state index is 0.00601. The highest BCUT2D eigenvalue weighted by atomic mass is 35.5. The van der Waals surface area contributed by atoms with Crippen molar-refractivity contribution < 1.29 is 13.2 Å². The minimum Gasteiger partial charge on any atom is -0.282 e. The van der Waals surface area contributed by atoms with E-state index in [1.165, 1.54) is 35.2 Å². The Labute approximate surface area is 167 Å². The third kappa shape index (κ3) is 4.50. The lowest BCUT2D eigenvalue weighted by Gasteiger charge is -2.12. The number of sulfonamides is 1. The van der Waals surface area contributed by atoms with Gasteiger partial charge in [0.2, 0.25) is 0 Å². The monoisotopic (exact) mass is 418 g/mol. The van der Waals surface area contributed by atoms with Crippen molar-refractivity contribution in [2.75, 3.05) is 6.54 Å². The smallest absolute Gasteiger partial charge is 0.282 e. The molecule has 27 heavy (non-hydrogen) atoms. The molecule has 0 aromatic heterocycles. The van der Waals surface area contributed by atoms with Crippen molar-refractivity contribution in [1.82, 2.24) is 4.90 Å². The summed E-state index contributed by atoms with van der Waals surface area (Å²) in [4.78, 5) is 14.4. The van der Waals surface area contributed by atoms with E-state index in [1.54, 1.807) is 6.08 Å². The molecule has 0 atom stereocenters. The summed E-state index contributed by atoms with van der Waals surface area (Å²) in [6.07, 6.45) is 3.23. The van der Waals surface area contributed by atoms with Gasteiger partial charge >= 0.3 is 0 Å². The van der Waals surface area contributed by atoms with E-state index in [-0.39, 0.29) is 22.5 Å². The highest BCUT2D eigenvalue weighted by Crippen LogP contribution is 2.33. The van der Waals surface area contributed by atoms with Crippen molar-refractivity contribution in [3.8, 4) is 0 Å². The SMILES string of the molecule is C=CCN1C(=O)/C(=C/c2ccccc2)SC1=NS(=O)(=O)c1ccc(Cl)cc1. The summed E-state index contributed by atoms with van der Waals surface area (Å²) in [6, 6.07) is 15.0. The maximum atomic E-state index is 12.7. The number of rotatable bonds is 5. The first-order chi connectivity index (χ1) is 12.9. The van der Waals surface area contributed by atoms with E-state index < -0.39 is 10.0 Å². The second-order valence-corrected chi connectivity index (χ2v) is 8.58. The van der Waals surface area contributed by atoms with Gasteiger partial charge in [0, 0.05) is 11.6 Å². The molecule has 138 valence electrons. The fourth-order valence-electron chi connectivity index (χ4n) is 2.33. The maximum Gasteiger partial charge on any atom is 0.284 e. The van der Waals surface area contributed by atoms with Crippen LogP contribution in [0.1, 0.15) is 5.56 Å². The van der Waals surface area contributed by atoms with Crippen LogP contribution >= 0.6 is 23.4 Å². The molecule has 1 heterocycles. The van der Waals surface area contributed by atoms with E-state index >= 15 is 0 Å². The normalized spacial score (nSPS) is 17.7. The van der Waals surface area contributed by atoms with E-state index in [1.807, 2.05) is 30.3 Å². The van der Waals surface area contributed by atoms with Gasteiger partial charge in [0.1, 0.15) is 0 Å². The molecule has 1 fully saturated rings. The number of hydrogen-bond acceptors (Lipinski definition) is 4. The Morgan fingerprint density at radius 3 is 2.41 bits per heavy atom. The van der Waals surface area contributed by atoms with Crippen LogP contribution in [0.4, 0.5) is 0 Å². The molecule has 0 radical (unpaired) electrons. The second-order valence-electron chi connectivity index (χ2n) is 5.53. The third-order valence-corrected chi connectivity index (χ3v) is 6.26. The van der Waals surface area contributed by atoms with Crippen molar-refractivity contribution in [3.63, 3.8) is 0 Å². The van der Waals surface area contributed by atoms with Crippen molar-refractivity contribution in [2.45, 2.75) is 4.90 Å².